The minimum absolute atomic E-state index is 0.115. The topological polar surface area (TPSA) is 86.7 Å². The molecule has 0 fully saturated rings. The molecule has 0 saturated heterocycles. The summed E-state index contributed by atoms with van der Waals surface area (Å²) in [4.78, 5) is 10.2. The first kappa shape index (κ1) is 20.8. The Labute approximate surface area is 159 Å². The number of halogens is 1. The van der Waals surface area contributed by atoms with E-state index in [1.807, 2.05) is 24.9 Å². The molecule has 1 heterocycles. The molecular weight excluding hydrogens is 369 g/mol. The van der Waals surface area contributed by atoms with Crippen molar-refractivity contribution >= 4 is 16.0 Å². The van der Waals surface area contributed by atoms with Gasteiger partial charge in [0.2, 0.25) is 10.0 Å². The fourth-order valence-corrected chi connectivity index (χ4v) is 3.37. The lowest BCUT2D eigenvalue weighted by molar-refractivity contribution is 0.475. The van der Waals surface area contributed by atoms with Crippen LogP contribution in [0.1, 0.15) is 12.5 Å². The first-order chi connectivity index (χ1) is 12.9. The van der Waals surface area contributed by atoms with Crippen LogP contribution in [0.3, 0.4) is 0 Å². The maximum Gasteiger partial charge on any atom is 0.242 e. The molecule has 146 valence electrons. The summed E-state index contributed by atoms with van der Waals surface area (Å²) >= 11 is 0. The number of benzene rings is 1. The molecule has 7 nitrogen and oxygen atoms in total. The minimum atomic E-state index is -3.60. The molecule has 2 aromatic rings. The number of nitrogens with one attached hydrogen (secondary N) is 2. The van der Waals surface area contributed by atoms with E-state index in [9.17, 15) is 12.8 Å². The molecule has 0 aliphatic heterocycles. The molecule has 0 unspecified atom stereocenters. The van der Waals surface area contributed by atoms with Crippen LogP contribution in [0.5, 0.6) is 0 Å². The van der Waals surface area contributed by atoms with Crippen LogP contribution in [0.15, 0.2) is 58.7 Å². The van der Waals surface area contributed by atoms with Gasteiger partial charge in [-0.05, 0) is 36.8 Å². The van der Waals surface area contributed by atoms with Gasteiger partial charge in [0.05, 0.1) is 6.54 Å². The molecule has 0 spiro atoms. The normalized spacial score (nSPS) is 12.0. The molecule has 27 heavy (non-hydrogen) atoms. The maximum atomic E-state index is 13.3. The molecule has 0 amide bonds. The fraction of sp³-hybridized carbons (Fsp3) is 0.333. The van der Waals surface area contributed by atoms with E-state index in [1.54, 1.807) is 12.1 Å². The van der Waals surface area contributed by atoms with E-state index in [0.717, 1.165) is 5.56 Å². The van der Waals surface area contributed by atoms with Gasteiger partial charge in [-0.3, -0.25) is 9.98 Å². The summed E-state index contributed by atoms with van der Waals surface area (Å²) in [6.45, 7) is 3.49. The van der Waals surface area contributed by atoms with E-state index >= 15 is 0 Å². The van der Waals surface area contributed by atoms with Crippen molar-refractivity contribution in [2.75, 3.05) is 26.7 Å². The van der Waals surface area contributed by atoms with Crippen molar-refractivity contribution in [3.05, 3.63) is 60.2 Å². The molecule has 1 aromatic carbocycles. The summed E-state index contributed by atoms with van der Waals surface area (Å²) in [6, 6.07) is 9.42. The van der Waals surface area contributed by atoms with Gasteiger partial charge in [0, 0.05) is 39.1 Å². The number of guanidine groups is 1. The average Bonchev–Trinajstić information content (AvgIpc) is 2.65. The summed E-state index contributed by atoms with van der Waals surface area (Å²) in [5.74, 6) is 0.329. The molecule has 0 radical (unpaired) electrons. The summed E-state index contributed by atoms with van der Waals surface area (Å²) in [5.41, 5.74) is 0.820. The molecule has 2 rings (SSSR count). The molecular formula is C18H24FN5O2S. The number of aliphatic imine (C=N–C) groups is 1. The first-order valence-corrected chi connectivity index (χ1v) is 10.0. The summed E-state index contributed by atoms with van der Waals surface area (Å²) < 4.78 is 40.1. The molecule has 0 aliphatic rings. The Morgan fingerprint density at radius 2 is 2.11 bits per heavy atom. The van der Waals surface area contributed by atoms with Crippen LogP contribution in [0.4, 0.5) is 4.39 Å². The summed E-state index contributed by atoms with van der Waals surface area (Å²) in [5, 5.41) is 3.14. The second-order valence-electron chi connectivity index (χ2n) is 5.81. The van der Waals surface area contributed by atoms with E-state index in [2.05, 4.69) is 20.0 Å². The van der Waals surface area contributed by atoms with Gasteiger partial charge in [0.25, 0.3) is 0 Å². The number of nitrogens with zero attached hydrogens (tertiary/aromatic N) is 3. The largest absolute Gasteiger partial charge is 0.357 e. The van der Waals surface area contributed by atoms with Crippen molar-refractivity contribution in [3.8, 4) is 0 Å². The first-order valence-electron chi connectivity index (χ1n) is 8.56. The fourth-order valence-electron chi connectivity index (χ4n) is 2.38. The predicted octanol–water partition coefficient (Wildman–Crippen LogP) is 1.60. The van der Waals surface area contributed by atoms with Gasteiger partial charge in [0.15, 0.2) is 5.96 Å². The smallest absolute Gasteiger partial charge is 0.242 e. The van der Waals surface area contributed by atoms with Gasteiger partial charge >= 0.3 is 0 Å². The highest BCUT2D eigenvalue weighted by molar-refractivity contribution is 7.89. The molecule has 0 aliphatic carbocycles. The van der Waals surface area contributed by atoms with Crippen LogP contribution in [-0.2, 0) is 16.6 Å². The van der Waals surface area contributed by atoms with E-state index in [0.29, 0.717) is 19.0 Å². The lowest BCUT2D eigenvalue weighted by atomic mass is 10.2. The number of pyridine rings is 1. The van der Waals surface area contributed by atoms with Crippen molar-refractivity contribution in [1.82, 2.24) is 19.9 Å². The van der Waals surface area contributed by atoms with Gasteiger partial charge < -0.3 is 10.2 Å². The molecule has 9 heteroatoms. The Morgan fingerprint density at radius 3 is 2.78 bits per heavy atom. The Morgan fingerprint density at radius 1 is 1.30 bits per heavy atom. The maximum absolute atomic E-state index is 13.3. The molecule has 0 saturated carbocycles. The predicted molar refractivity (Wildman–Crippen MR) is 103 cm³/mol. The highest BCUT2D eigenvalue weighted by atomic mass is 32.2. The van der Waals surface area contributed by atoms with E-state index in [-0.39, 0.29) is 23.8 Å². The zero-order valence-corrected chi connectivity index (χ0v) is 16.2. The highest BCUT2D eigenvalue weighted by Gasteiger charge is 2.13. The molecule has 1 aromatic heterocycles. The van der Waals surface area contributed by atoms with Crippen LogP contribution in [0, 0.1) is 5.82 Å². The van der Waals surface area contributed by atoms with Crippen molar-refractivity contribution in [2.24, 2.45) is 4.99 Å². The van der Waals surface area contributed by atoms with Crippen LogP contribution >= 0.6 is 0 Å². The second kappa shape index (κ2) is 9.98. The Bertz CT molecular complexity index is 859. The molecule has 2 N–H and O–H groups in total. The Kier molecular flexibility index (Phi) is 7.68. The minimum Gasteiger partial charge on any atom is -0.357 e. The van der Waals surface area contributed by atoms with E-state index in [4.69, 9.17) is 0 Å². The molecule has 0 atom stereocenters. The monoisotopic (exact) mass is 393 g/mol. The zero-order valence-electron chi connectivity index (χ0n) is 15.4. The average molecular weight is 393 g/mol. The summed E-state index contributed by atoms with van der Waals surface area (Å²) in [6.07, 6.45) is 2.81. The van der Waals surface area contributed by atoms with Crippen LogP contribution < -0.4 is 10.0 Å². The standard InChI is InChI=1S/C18H24FN5O2S/c1-3-21-18(24(2)14-15-6-4-7-16(19)12-15)22-10-11-23-27(25,26)17-8-5-9-20-13-17/h4-9,12-13,23H,3,10-11,14H2,1-2H3,(H,21,22). The molecule has 0 bridgehead atoms. The van der Waals surface area contributed by atoms with Gasteiger partial charge in [-0.25, -0.2) is 17.5 Å². The van der Waals surface area contributed by atoms with E-state index in [1.165, 1.54) is 30.6 Å². The number of rotatable bonds is 8. The SMILES string of the molecule is CCNC(=NCCNS(=O)(=O)c1cccnc1)N(C)Cc1cccc(F)c1. The van der Waals surface area contributed by atoms with Gasteiger partial charge in [-0.2, -0.15) is 0 Å². The van der Waals surface area contributed by atoms with Crippen LogP contribution in [0.2, 0.25) is 0 Å². The summed E-state index contributed by atoms with van der Waals surface area (Å²) in [7, 11) is -1.76. The zero-order chi connectivity index (χ0) is 19.7. The van der Waals surface area contributed by atoms with Crippen molar-refractivity contribution < 1.29 is 12.8 Å². The van der Waals surface area contributed by atoms with E-state index < -0.39 is 10.0 Å². The van der Waals surface area contributed by atoms with Crippen molar-refractivity contribution in [1.29, 1.82) is 0 Å². The number of aromatic nitrogens is 1. The third kappa shape index (κ3) is 6.61. The van der Waals surface area contributed by atoms with Crippen molar-refractivity contribution in [3.63, 3.8) is 0 Å². The Hall–Kier alpha value is -2.52. The highest BCUT2D eigenvalue weighted by Crippen LogP contribution is 2.07. The lowest BCUT2D eigenvalue weighted by Gasteiger charge is -2.22. The van der Waals surface area contributed by atoms with Crippen molar-refractivity contribution in [2.45, 2.75) is 18.4 Å². The van der Waals surface area contributed by atoms with Gasteiger partial charge in [-0.1, -0.05) is 12.1 Å². The number of sulfonamides is 1. The Balaban J connectivity index is 1.94. The quantitative estimate of drug-likeness (QED) is 0.404. The second-order valence-corrected chi connectivity index (χ2v) is 7.58. The lowest BCUT2D eigenvalue weighted by Crippen LogP contribution is -2.39. The number of hydrogen-bond acceptors (Lipinski definition) is 4. The van der Waals surface area contributed by atoms with Gasteiger partial charge in [0.1, 0.15) is 10.7 Å². The van der Waals surface area contributed by atoms with Crippen LogP contribution in [-0.4, -0.2) is 50.9 Å². The third-order valence-electron chi connectivity index (χ3n) is 3.62. The van der Waals surface area contributed by atoms with Crippen LogP contribution in [0.25, 0.3) is 0 Å². The number of hydrogen-bond donors (Lipinski definition) is 2. The third-order valence-corrected chi connectivity index (χ3v) is 5.06. The van der Waals surface area contributed by atoms with Gasteiger partial charge in [-0.15, -0.1) is 0 Å².